The van der Waals surface area contributed by atoms with Crippen molar-refractivity contribution in [3.8, 4) is 0 Å². The molecule has 1 heterocycles. The molecule has 0 aromatic carbocycles. The van der Waals surface area contributed by atoms with E-state index in [1.807, 2.05) is 0 Å². The number of aromatic nitrogens is 3. The van der Waals surface area contributed by atoms with E-state index in [0.29, 0.717) is 17.8 Å². The lowest BCUT2D eigenvalue weighted by molar-refractivity contribution is 0.259. The van der Waals surface area contributed by atoms with Gasteiger partial charge < -0.3 is 30.9 Å². The van der Waals surface area contributed by atoms with Crippen molar-refractivity contribution in [2.24, 2.45) is 0 Å². The van der Waals surface area contributed by atoms with E-state index in [-0.39, 0.29) is 6.61 Å². The molecule has 1 aromatic heterocycles. The molecule has 1 aromatic rings. The van der Waals surface area contributed by atoms with Crippen molar-refractivity contribution in [1.29, 1.82) is 0 Å². The van der Waals surface area contributed by atoms with Crippen LogP contribution in [0.15, 0.2) is 0 Å². The molecular formula is C53H108N8O. The number of aliphatic hydroxyl groups is 1. The number of hydrogen-bond acceptors (Lipinski definition) is 9. The van der Waals surface area contributed by atoms with Gasteiger partial charge in [-0.15, -0.1) is 0 Å². The molecule has 9 nitrogen and oxygen atoms in total. The van der Waals surface area contributed by atoms with Gasteiger partial charge in [0.2, 0.25) is 17.8 Å². The second kappa shape index (κ2) is 47.3. The third-order valence-corrected chi connectivity index (χ3v) is 12.7. The lowest BCUT2D eigenvalue weighted by Gasteiger charge is -2.23. The van der Waals surface area contributed by atoms with Crippen LogP contribution in [0, 0.1) is 0 Å². The first-order chi connectivity index (χ1) is 30.7. The first-order valence-corrected chi connectivity index (χ1v) is 27.7. The van der Waals surface area contributed by atoms with E-state index >= 15 is 0 Å². The van der Waals surface area contributed by atoms with Gasteiger partial charge in [-0.3, -0.25) is 0 Å². The fourth-order valence-corrected chi connectivity index (χ4v) is 8.60. The summed E-state index contributed by atoms with van der Waals surface area (Å²) in [5.74, 6) is 1.91. The average Bonchev–Trinajstić information content (AvgIpc) is 3.28. The fourth-order valence-electron chi connectivity index (χ4n) is 8.60. The van der Waals surface area contributed by atoms with Crippen molar-refractivity contribution in [2.75, 3.05) is 81.5 Å². The highest BCUT2D eigenvalue weighted by Crippen LogP contribution is 2.15. The van der Waals surface area contributed by atoms with E-state index in [0.717, 1.165) is 58.4 Å². The zero-order valence-electron chi connectivity index (χ0n) is 42.2. The Balaban J connectivity index is 2.71. The summed E-state index contributed by atoms with van der Waals surface area (Å²) in [5.41, 5.74) is 0. The third-order valence-electron chi connectivity index (χ3n) is 12.7. The van der Waals surface area contributed by atoms with Gasteiger partial charge in [0.05, 0.1) is 0 Å². The molecule has 0 unspecified atom stereocenters. The zero-order chi connectivity index (χ0) is 44.7. The minimum atomic E-state index is 0.211. The van der Waals surface area contributed by atoms with E-state index in [2.05, 4.69) is 53.4 Å². The van der Waals surface area contributed by atoms with Gasteiger partial charge in [-0.2, -0.15) is 15.0 Å². The quantitative estimate of drug-likeness (QED) is 0.0477. The van der Waals surface area contributed by atoms with Crippen molar-refractivity contribution < 1.29 is 5.11 Å². The van der Waals surface area contributed by atoms with Gasteiger partial charge in [0.25, 0.3) is 0 Å². The Labute approximate surface area is 386 Å². The maximum Gasteiger partial charge on any atom is 0.229 e. The minimum Gasteiger partial charge on any atom is -0.396 e. The van der Waals surface area contributed by atoms with Gasteiger partial charge in [-0.1, -0.05) is 207 Å². The Morgan fingerprint density at radius 1 is 0.290 bits per heavy atom. The molecule has 9 heteroatoms. The summed E-state index contributed by atoms with van der Waals surface area (Å²) in [6.45, 7) is 19.0. The Kier molecular flexibility index (Phi) is 44.4. The largest absolute Gasteiger partial charge is 0.396 e. The Bertz CT molecular complexity index is 921. The average molecular weight is 874 g/mol. The normalized spacial score (nSPS) is 11.7. The molecule has 4 N–H and O–H groups in total. The molecule has 0 spiro atoms. The summed E-state index contributed by atoms with van der Waals surface area (Å²) in [6, 6.07) is 0. The van der Waals surface area contributed by atoms with Crippen LogP contribution in [0.25, 0.3) is 0 Å². The number of hydrogen-bond donors (Lipinski definition) is 4. The summed E-state index contributed by atoms with van der Waals surface area (Å²) in [7, 11) is 0. The Morgan fingerprint density at radius 3 is 0.774 bits per heavy atom. The van der Waals surface area contributed by atoms with Crippen molar-refractivity contribution >= 4 is 17.8 Å². The predicted octanol–water partition coefficient (Wildman–Crippen LogP) is 14.8. The molecule has 1 rings (SSSR count). The molecule has 0 atom stereocenters. The van der Waals surface area contributed by atoms with Crippen LogP contribution in [-0.4, -0.2) is 95.4 Å². The molecule has 0 fully saturated rings. The van der Waals surface area contributed by atoms with Crippen LogP contribution in [0.3, 0.4) is 0 Å². The van der Waals surface area contributed by atoms with Gasteiger partial charge in [-0.25, -0.2) is 0 Å². The summed E-state index contributed by atoms with van der Waals surface area (Å²) in [4.78, 5) is 19.8. The highest BCUT2D eigenvalue weighted by atomic mass is 16.2. The molecule has 0 saturated carbocycles. The highest BCUT2D eigenvalue weighted by Gasteiger charge is 2.10. The van der Waals surface area contributed by atoms with Gasteiger partial charge in [0.15, 0.2) is 0 Å². The van der Waals surface area contributed by atoms with Crippen LogP contribution in [-0.2, 0) is 0 Å². The van der Waals surface area contributed by atoms with Crippen LogP contribution < -0.4 is 16.0 Å². The van der Waals surface area contributed by atoms with Crippen molar-refractivity contribution in [1.82, 2.24) is 24.8 Å². The third kappa shape index (κ3) is 38.7. The SMILES string of the molecule is CCCCCCCCCCN(CCCCCCCCCC)CCCNc1nc(NCCCCO)nc(NCCCN(CCCCCCCCCC)CCCCCCCCCC)n1. The van der Waals surface area contributed by atoms with E-state index in [1.165, 1.54) is 232 Å². The van der Waals surface area contributed by atoms with Gasteiger partial charge >= 0.3 is 0 Å². The molecule has 0 aliphatic heterocycles. The first kappa shape index (κ1) is 58.3. The Morgan fingerprint density at radius 2 is 0.516 bits per heavy atom. The summed E-state index contributed by atoms with van der Waals surface area (Å²) in [5, 5.41) is 19.8. The van der Waals surface area contributed by atoms with Crippen LogP contribution in [0.5, 0.6) is 0 Å². The molecule has 366 valence electrons. The molecule has 0 bridgehead atoms. The maximum absolute atomic E-state index is 9.31. The number of anilines is 3. The van der Waals surface area contributed by atoms with E-state index in [1.54, 1.807) is 0 Å². The van der Waals surface area contributed by atoms with Crippen molar-refractivity contribution in [2.45, 2.75) is 259 Å². The minimum absolute atomic E-state index is 0.211. The zero-order valence-corrected chi connectivity index (χ0v) is 42.2. The van der Waals surface area contributed by atoms with E-state index in [9.17, 15) is 5.11 Å². The highest BCUT2D eigenvalue weighted by molar-refractivity contribution is 5.42. The molecule has 0 saturated heterocycles. The van der Waals surface area contributed by atoms with E-state index in [4.69, 9.17) is 15.0 Å². The lowest BCUT2D eigenvalue weighted by atomic mass is 10.1. The number of nitrogens with one attached hydrogen (secondary N) is 3. The number of nitrogens with zero attached hydrogens (tertiary/aromatic N) is 5. The van der Waals surface area contributed by atoms with Crippen molar-refractivity contribution in [3.05, 3.63) is 0 Å². The van der Waals surface area contributed by atoms with Gasteiger partial charge in [0.1, 0.15) is 0 Å². The summed E-state index contributed by atoms with van der Waals surface area (Å²) in [6.07, 6.45) is 47.9. The predicted molar refractivity (Wildman–Crippen MR) is 274 cm³/mol. The maximum atomic E-state index is 9.31. The van der Waals surface area contributed by atoms with Crippen LogP contribution >= 0.6 is 0 Å². The summed E-state index contributed by atoms with van der Waals surface area (Å²) >= 11 is 0. The molecular weight excluding hydrogens is 765 g/mol. The van der Waals surface area contributed by atoms with Crippen LogP contribution in [0.1, 0.15) is 259 Å². The standard InChI is InChI=1S/C53H108N8O/c1-5-9-13-17-21-25-29-34-44-60(45-35-30-26-22-18-14-10-6-2)48-39-42-55-52-57-51(54-41-33-38-50-62)58-53(59-52)56-43-40-49-61(46-36-31-27-23-19-15-11-7-3)47-37-32-28-24-20-16-12-8-4/h62H,5-50H2,1-4H3,(H3,54,55,56,57,58,59). The van der Waals surface area contributed by atoms with Crippen LogP contribution in [0.2, 0.25) is 0 Å². The number of rotatable bonds is 51. The van der Waals surface area contributed by atoms with E-state index < -0.39 is 0 Å². The molecule has 0 aliphatic rings. The smallest absolute Gasteiger partial charge is 0.229 e. The monoisotopic (exact) mass is 873 g/mol. The molecule has 0 radical (unpaired) electrons. The molecule has 0 aliphatic carbocycles. The summed E-state index contributed by atoms with van der Waals surface area (Å²) < 4.78 is 0. The number of unbranched alkanes of at least 4 members (excludes halogenated alkanes) is 29. The van der Waals surface area contributed by atoms with Crippen molar-refractivity contribution in [3.63, 3.8) is 0 Å². The number of aliphatic hydroxyl groups excluding tert-OH is 1. The molecule has 0 amide bonds. The Hall–Kier alpha value is -1.71. The van der Waals surface area contributed by atoms with Crippen LogP contribution in [0.4, 0.5) is 17.8 Å². The lowest BCUT2D eigenvalue weighted by Crippen LogP contribution is -2.29. The fraction of sp³-hybridized carbons (Fsp3) is 0.943. The topological polar surface area (TPSA) is 101 Å². The van der Waals surface area contributed by atoms with Gasteiger partial charge in [0, 0.05) is 26.2 Å². The first-order valence-electron chi connectivity index (χ1n) is 27.7. The second-order valence-electron chi connectivity index (χ2n) is 18.8. The van der Waals surface area contributed by atoms with Gasteiger partial charge in [-0.05, 0) is 90.6 Å². The second-order valence-corrected chi connectivity index (χ2v) is 18.8. The molecule has 62 heavy (non-hydrogen) atoms.